The molecule has 1 saturated heterocycles. The molecule has 0 aromatic heterocycles. The van der Waals surface area contributed by atoms with Crippen molar-refractivity contribution in [2.45, 2.75) is 50.6 Å². The maximum atomic E-state index is 15.2. The largest absolute Gasteiger partial charge is 0.480 e. The second-order valence-electron chi connectivity index (χ2n) is 9.43. The van der Waals surface area contributed by atoms with Crippen molar-refractivity contribution in [2.75, 3.05) is 5.32 Å². The number of nitrogens with one attached hydrogen (secondary N) is 2. The summed E-state index contributed by atoms with van der Waals surface area (Å²) < 4.78 is 29.2. The van der Waals surface area contributed by atoms with Crippen molar-refractivity contribution in [3.8, 4) is 0 Å². The lowest BCUT2D eigenvalue weighted by atomic mass is 9.62. The van der Waals surface area contributed by atoms with Gasteiger partial charge in [-0.2, -0.15) is 0 Å². The number of halogens is 3. The standard InChI is InChI=1S/C23H23ClF2N2O3/c1-22(2,3)10-16-23(13-8-7-11(25)9-15(13)27-21(23)31)17(19(28-16)20(29)30)12-5-4-6-14(24)18(12)26/h4-9,16-17,19,28H,10H2,1-3H3,(H,27,31)(H,29,30)/t16-,17-,19+,23?/m0/s1. The minimum absolute atomic E-state index is 0.0381. The zero-order valence-electron chi connectivity index (χ0n) is 17.3. The van der Waals surface area contributed by atoms with E-state index in [1.807, 2.05) is 20.8 Å². The molecule has 2 heterocycles. The van der Waals surface area contributed by atoms with Crippen LogP contribution in [0.1, 0.15) is 44.2 Å². The molecular weight excluding hydrogens is 426 g/mol. The zero-order chi connectivity index (χ0) is 22.7. The topological polar surface area (TPSA) is 78.4 Å². The van der Waals surface area contributed by atoms with Gasteiger partial charge in [-0.15, -0.1) is 0 Å². The first-order chi connectivity index (χ1) is 14.5. The molecule has 5 nitrogen and oxygen atoms in total. The van der Waals surface area contributed by atoms with Gasteiger partial charge in [-0.3, -0.25) is 14.9 Å². The lowest BCUT2D eigenvalue weighted by Crippen LogP contribution is -2.49. The van der Waals surface area contributed by atoms with E-state index >= 15 is 4.39 Å². The van der Waals surface area contributed by atoms with Crippen LogP contribution in [0, 0.1) is 17.0 Å². The third kappa shape index (κ3) is 3.31. The van der Waals surface area contributed by atoms with Gasteiger partial charge in [0.25, 0.3) is 0 Å². The Kier molecular flexibility index (Phi) is 5.10. The maximum Gasteiger partial charge on any atom is 0.321 e. The highest BCUT2D eigenvalue weighted by molar-refractivity contribution is 6.30. The molecule has 8 heteroatoms. The molecule has 2 aliphatic heterocycles. The van der Waals surface area contributed by atoms with Crippen molar-refractivity contribution in [3.63, 3.8) is 0 Å². The first kappa shape index (κ1) is 21.7. The van der Waals surface area contributed by atoms with Gasteiger partial charge in [0, 0.05) is 17.6 Å². The predicted octanol–water partition coefficient (Wildman–Crippen LogP) is 4.45. The number of amides is 1. The summed E-state index contributed by atoms with van der Waals surface area (Å²) in [4.78, 5) is 25.9. The van der Waals surface area contributed by atoms with Crippen LogP contribution in [0.25, 0.3) is 0 Å². The quantitative estimate of drug-likeness (QED) is 0.648. The fourth-order valence-electron chi connectivity index (χ4n) is 5.14. The molecule has 4 atom stereocenters. The third-order valence-electron chi connectivity index (χ3n) is 6.20. The number of carbonyl (C=O) groups is 2. The molecule has 31 heavy (non-hydrogen) atoms. The Hall–Kier alpha value is -2.51. The number of rotatable bonds is 3. The van der Waals surface area contributed by atoms with E-state index in [2.05, 4.69) is 10.6 Å². The minimum atomic E-state index is -1.45. The number of fused-ring (bicyclic) bond motifs is 2. The first-order valence-corrected chi connectivity index (χ1v) is 10.4. The van der Waals surface area contributed by atoms with Crippen molar-refractivity contribution in [1.29, 1.82) is 0 Å². The summed E-state index contributed by atoms with van der Waals surface area (Å²) >= 11 is 6.02. The normalized spacial score (nSPS) is 27.4. The maximum absolute atomic E-state index is 15.2. The molecule has 0 saturated carbocycles. The summed E-state index contributed by atoms with van der Waals surface area (Å²) in [6.45, 7) is 5.93. The van der Waals surface area contributed by atoms with Crippen molar-refractivity contribution in [1.82, 2.24) is 5.32 Å². The van der Waals surface area contributed by atoms with Gasteiger partial charge < -0.3 is 10.4 Å². The van der Waals surface area contributed by atoms with E-state index in [0.29, 0.717) is 12.0 Å². The Bertz CT molecular complexity index is 1080. The summed E-state index contributed by atoms with van der Waals surface area (Å²) in [7, 11) is 0. The summed E-state index contributed by atoms with van der Waals surface area (Å²) in [5.41, 5.74) is -0.974. The fraction of sp³-hybridized carbons (Fsp3) is 0.391. The van der Waals surface area contributed by atoms with Crippen LogP contribution in [0.15, 0.2) is 36.4 Å². The van der Waals surface area contributed by atoms with Crippen LogP contribution in [-0.4, -0.2) is 29.1 Å². The van der Waals surface area contributed by atoms with E-state index in [9.17, 15) is 19.1 Å². The van der Waals surface area contributed by atoms with Gasteiger partial charge >= 0.3 is 5.97 Å². The van der Waals surface area contributed by atoms with Gasteiger partial charge in [-0.25, -0.2) is 8.78 Å². The van der Waals surface area contributed by atoms with Crippen LogP contribution < -0.4 is 10.6 Å². The van der Waals surface area contributed by atoms with E-state index in [0.717, 1.165) is 0 Å². The third-order valence-corrected chi connectivity index (χ3v) is 6.50. The van der Waals surface area contributed by atoms with E-state index < -0.39 is 46.9 Å². The monoisotopic (exact) mass is 448 g/mol. The number of anilines is 1. The number of hydrogen-bond donors (Lipinski definition) is 3. The highest BCUT2D eigenvalue weighted by atomic mass is 35.5. The van der Waals surface area contributed by atoms with Gasteiger partial charge in [0.1, 0.15) is 23.1 Å². The van der Waals surface area contributed by atoms with Crippen molar-refractivity contribution in [2.24, 2.45) is 5.41 Å². The van der Waals surface area contributed by atoms with Gasteiger partial charge in [-0.05, 0) is 41.2 Å². The van der Waals surface area contributed by atoms with Gasteiger partial charge in [0.05, 0.1) is 5.02 Å². The number of carbonyl (C=O) groups excluding carboxylic acids is 1. The fourth-order valence-corrected chi connectivity index (χ4v) is 5.32. The highest BCUT2D eigenvalue weighted by Gasteiger charge is 2.66. The second kappa shape index (κ2) is 7.28. The van der Waals surface area contributed by atoms with Gasteiger partial charge in [0.2, 0.25) is 5.91 Å². The van der Waals surface area contributed by atoms with Crippen LogP contribution in [0.3, 0.4) is 0 Å². The van der Waals surface area contributed by atoms with Crippen molar-refractivity contribution >= 4 is 29.2 Å². The molecule has 0 bridgehead atoms. The van der Waals surface area contributed by atoms with E-state index in [1.165, 1.54) is 36.4 Å². The van der Waals surface area contributed by atoms with Crippen LogP contribution >= 0.6 is 11.6 Å². The average molecular weight is 449 g/mol. The molecule has 1 spiro atoms. The number of benzene rings is 2. The Morgan fingerprint density at radius 1 is 1.23 bits per heavy atom. The Balaban J connectivity index is 2.04. The molecule has 0 radical (unpaired) electrons. The smallest absolute Gasteiger partial charge is 0.321 e. The Labute approximate surface area is 183 Å². The molecule has 1 amide bonds. The van der Waals surface area contributed by atoms with E-state index in [1.54, 1.807) is 0 Å². The van der Waals surface area contributed by atoms with Crippen LogP contribution in [0.2, 0.25) is 5.02 Å². The minimum Gasteiger partial charge on any atom is -0.480 e. The molecule has 4 rings (SSSR count). The average Bonchev–Trinajstić information content (AvgIpc) is 3.12. The highest BCUT2D eigenvalue weighted by Crippen LogP contribution is 2.56. The van der Waals surface area contributed by atoms with Crippen LogP contribution in [0.5, 0.6) is 0 Å². The van der Waals surface area contributed by atoms with Crippen molar-refractivity contribution in [3.05, 3.63) is 64.2 Å². The molecule has 1 fully saturated rings. The molecule has 1 unspecified atom stereocenters. The molecule has 0 aliphatic carbocycles. The molecule has 164 valence electrons. The number of hydrogen-bond acceptors (Lipinski definition) is 3. The number of aliphatic carboxylic acids is 1. The first-order valence-electron chi connectivity index (χ1n) is 10.0. The Morgan fingerprint density at radius 3 is 2.58 bits per heavy atom. The predicted molar refractivity (Wildman–Crippen MR) is 113 cm³/mol. The van der Waals surface area contributed by atoms with E-state index in [4.69, 9.17) is 11.6 Å². The number of carboxylic acid groups (broad SMARTS) is 1. The molecule has 2 aromatic rings. The number of carboxylic acids is 1. The molecule has 2 aliphatic rings. The summed E-state index contributed by atoms with van der Waals surface area (Å²) in [6, 6.07) is 6.40. The SMILES string of the molecule is CC(C)(C)C[C@@H]1N[C@@H](C(=O)O)[C@H](c2cccc(Cl)c2F)C12C(=O)Nc1cc(F)ccc12. The van der Waals surface area contributed by atoms with Gasteiger partial charge in [-0.1, -0.05) is 50.6 Å². The lowest BCUT2D eigenvalue weighted by molar-refractivity contribution is -0.139. The Morgan fingerprint density at radius 2 is 1.94 bits per heavy atom. The summed E-state index contributed by atoms with van der Waals surface area (Å²) in [5.74, 6) is -4.08. The van der Waals surface area contributed by atoms with Crippen molar-refractivity contribution < 1.29 is 23.5 Å². The summed E-state index contributed by atoms with van der Waals surface area (Å²) in [5, 5.41) is 15.7. The van der Waals surface area contributed by atoms with Crippen LogP contribution in [0.4, 0.5) is 14.5 Å². The lowest BCUT2D eigenvalue weighted by Gasteiger charge is -2.37. The van der Waals surface area contributed by atoms with Crippen LogP contribution in [-0.2, 0) is 15.0 Å². The second-order valence-corrected chi connectivity index (χ2v) is 9.84. The molecule has 3 N–H and O–H groups in total. The summed E-state index contributed by atoms with van der Waals surface area (Å²) in [6.07, 6.45) is 0.430. The zero-order valence-corrected chi connectivity index (χ0v) is 18.1. The molecule has 2 aromatic carbocycles. The van der Waals surface area contributed by atoms with E-state index in [-0.39, 0.29) is 21.7 Å². The molecular formula is C23H23ClF2N2O3. The van der Waals surface area contributed by atoms with Gasteiger partial charge in [0.15, 0.2) is 0 Å².